The van der Waals surface area contributed by atoms with Gasteiger partial charge in [0.25, 0.3) is 0 Å². The fourth-order valence-corrected chi connectivity index (χ4v) is 4.51. The number of nitrogens with one attached hydrogen (secondary N) is 1. The number of rotatable bonds is 7. The molecule has 0 unspecified atom stereocenters. The average molecular weight is 478 g/mol. The maximum Gasteiger partial charge on any atom is 0.412 e. The van der Waals surface area contributed by atoms with Crippen LogP contribution in [0.4, 0.5) is 10.5 Å². The summed E-state index contributed by atoms with van der Waals surface area (Å²) in [5.74, 6) is -0.745. The molecular formula is C31H27NO4. The average Bonchev–Trinajstić information content (AvgIpc) is 3.72. The van der Waals surface area contributed by atoms with Crippen molar-refractivity contribution in [1.82, 2.24) is 0 Å². The van der Waals surface area contributed by atoms with Gasteiger partial charge in [-0.1, -0.05) is 97.1 Å². The molecule has 0 bridgehead atoms. The van der Waals surface area contributed by atoms with Crippen LogP contribution in [0.25, 0.3) is 22.3 Å². The highest BCUT2D eigenvalue weighted by Gasteiger charge is 2.51. The Morgan fingerprint density at radius 3 is 1.94 bits per heavy atom. The molecule has 1 fully saturated rings. The number of carbonyl (C=O) groups excluding carboxylic acids is 1. The minimum atomic E-state index is -0.745. The Balaban J connectivity index is 1.30. The zero-order chi connectivity index (χ0) is 25.1. The molecule has 0 heterocycles. The Hall–Kier alpha value is -4.38. The van der Waals surface area contributed by atoms with E-state index in [2.05, 4.69) is 5.32 Å². The summed E-state index contributed by atoms with van der Waals surface area (Å²) >= 11 is 0. The van der Waals surface area contributed by atoms with Crippen molar-refractivity contribution in [3.63, 3.8) is 0 Å². The summed E-state index contributed by atoms with van der Waals surface area (Å²) in [6, 6.07) is 33.1. The van der Waals surface area contributed by atoms with Gasteiger partial charge in [0.2, 0.25) is 0 Å². The van der Waals surface area contributed by atoms with Crippen LogP contribution in [0.15, 0.2) is 103 Å². The summed E-state index contributed by atoms with van der Waals surface area (Å²) in [6.45, 7) is 1.85. The van der Waals surface area contributed by atoms with Gasteiger partial charge in [0, 0.05) is 5.56 Å². The van der Waals surface area contributed by atoms with E-state index in [0.29, 0.717) is 18.5 Å². The molecule has 5 nitrogen and oxygen atoms in total. The van der Waals surface area contributed by atoms with E-state index in [0.717, 1.165) is 33.4 Å². The maximum atomic E-state index is 12.6. The second-order valence-electron chi connectivity index (χ2n) is 9.17. The molecule has 2 N–H and O–H groups in total. The van der Waals surface area contributed by atoms with Gasteiger partial charge in [-0.3, -0.25) is 10.1 Å². The third-order valence-electron chi connectivity index (χ3n) is 6.84. The smallest absolute Gasteiger partial charge is 0.412 e. The van der Waals surface area contributed by atoms with Crippen molar-refractivity contribution < 1.29 is 19.4 Å². The fraction of sp³-hybridized carbons (Fsp3) is 0.161. The van der Waals surface area contributed by atoms with Gasteiger partial charge in [-0.05, 0) is 53.6 Å². The molecule has 180 valence electrons. The third-order valence-corrected chi connectivity index (χ3v) is 6.84. The van der Waals surface area contributed by atoms with Gasteiger partial charge < -0.3 is 9.84 Å². The lowest BCUT2D eigenvalue weighted by Crippen LogP contribution is -2.19. The van der Waals surface area contributed by atoms with Crippen molar-refractivity contribution >= 4 is 17.7 Å². The van der Waals surface area contributed by atoms with E-state index in [1.807, 2.05) is 110 Å². The number of anilines is 1. The number of aliphatic carboxylic acids is 1. The maximum absolute atomic E-state index is 12.6. The lowest BCUT2D eigenvalue weighted by molar-refractivity contribution is -0.140. The molecule has 0 aromatic heterocycles. The van der Waals surface area contributed by atoms with E-state index < -0.39 is 17.5 Å². The van der Waals surface area contributed by atoms with E-state index in [1.165, 1.54) is 0 Å². The van der Waals surface area contributed by atoms with Crippen LogP contribution in [0.5, 0.6) is 0 Å². The molecule has 0 saturated heterocycles. The first kappa shape index (κ1) is 23.4. The van der Waals surface area contributed by atoms with E-state index in [1.54, 1.807) is 0 Å². The summed E-state index contributed by atoms with van der Waals surface area (Å²) < 4.78 is 5.57. The van der Waals surface area contributed by atoms with E-state index in [-0.39, 0.29) is 6.10 Å². The van der Waals surface area contributed by atoms with E-state index in [9.17, 15) is 14.7 Å². The van der Waals surface area contributed by atoms with E-state index >= 15 is 0 Å². The van der Waals surface area contributed by atoms with Crippen molar-refractivity contribution in [2.45, 2.75) is 31.3 Å². The summed E-state index contributed by atoms with van der Waals surface area (Å²) in [6.07, 6.45) is 0.519. The number of hydrogen-bond acceptors (Lipinski definition) is 3. The van der Waals surface area contributed by atoms with Crippen molar-refractivity contribution in [1.29, 1.82) is 0 Å². The number of ether oxygens (including phenoxy) is 1. The topological polar surface area (TPSA) is 75.6 Å². The largest absolute Gasteiger partial charge is 0.481 e. The van der Waals surface area contributed by atoms with Crippen LogP contribution in [0.1, 0.15) is 37.0 Å². The number of hydrogen-bond donors (Lipinski definition) is 2. The van der Waals surface area contributed by atoms with Crippen LogP contribution in [0.3, 0.4) is 0 Å². The van der Waals surface area contributed by atoms with Crippen LogP contribution in [-0.2, 0) is 14.9 Å². The molecule has 1 aliphatic carbocycles. The lowest BCUT2D eigenvalue weighted by Gasteiger charge is -2.16. The normalized spacial score (nSPS) is 14.5. The fourth-order valence-electron chi connectivity index (χ4n) is 4.51. The number of amides is 1. The predicted molar refractivity (Wildman–Crippen MR) is 141 cm³/mol. The van der Waals surface area contributed by atoms with E-state index in [4.69, 9.17) is 4.74 Å². The summed E-state index contributed by atoms with van der Waals surface area (Å²) in [4.78, 5) is 24.2. The van der Waals surface area contributed by atoms with Gasteiger partial charge >= 0.3 is 12.1 Å². The number of para-hydroxylation sites is 1. The highest BCUT2D eigenvalue weighted by molar-refractivity contribution is 5.92. The molecule has 1 atom stereocenters. The number of carboxylic acids is 1. The highest BCUT2D eigenvalue weighted by Crippen LogP contribution is 2.48. The SMILES string of the molecule is C[C@@H](OC(=O)Nc1ccccc1-c1ccc(-c2ccc(C3(C(=O)O)CC3)cc2)cc1)c1ccccc1. The third kappa shape index (κ3) is 4.73. The predicted octanol–water partition coefficient (Wildman–Crippen LogP) is 7.45. The van der Waals surface area contributed by atoms with Gasteiger partial charge in [-0.2, -0.15) is 0 Å². The Morgan fingerprint density at radius 1 is 0.778 bits per heavy atom. The van der Waals surface area contributed by atoms with Crippen LogP contribution in [-0.4, -0.2) is 17.2 Å². The summed E-state index contributed by atoms with van der Waals surface area (Å²) in [5.41, 5.74) is 5.68. The lowest BCUT2D eigenvalue weighted by atomic mass is 9.93. The van der Waals surface area contributed by atoms with Gasteiger partial charge in [-0.25, -0.2) is 4.79 Å². The first-order chi connectivity index (χ1) is 17.5. The zero-order valence-electron chi connectivity index (χ0n) is 20.0. The van der Waals surface area contributed by atoms with Crippen LogP contribution in [0.2, 0.25) is 0 Å². The Kier molecular flexibility index (Phi) is 6.30. The molecule has 5 rings (SSSR count). The first-order valence-electron chi connectivity index (χ1n) is 12.0. The molecule has 1 amide bonds. The molecule has 1 aliphatic rings. The van der Waals surface area contributed by atoms with Gasteiger partial charge in [0.05, 0.1) is 11.1 Å². The molecule has 0 aliphatic heterocycles. The Bertz CT molecular complexity index is 1370. The second-order valence-corrected chi connectivity index (χ2v) is 9.17. The standard InChI is InChI=1S/C31H27NO4/c1-21(22-7-3-2-4-8-22)36-30(35)32-28-10-6-5-9-27(28)25-13-11-23(12-14-25)24-15-17-26(18-16-24)31(19-20-31)29(33)34/h2-18,21H,19-20H2,1H3,(H,32,35)(H,33,34)/t21-/m1/s1. The quantitative estimate of drug-likeness (QED) is 0.290. The zero-order valence-corrected chi connectivity index (χ0v) is 20.0. The molecule has 0 spiro atoms. The van der Waals surface area contributed by atoms with Crippen molar-refractivity contribution in [3.8, 4) is 22.3 Å². The first-order valence-corrected chi connectivity index (χ1v) is 12.0. The molecule has 1 saturated carbocycles. The number of carboxylic acid groups (broad SMARTS) is 1. The van der Waals surface area contributed by atoms with Gasteiger partial charge in [-0.15, -0.1) is 0 Å². The van der Waals surface area contributed by atoms with Crippen LogP contribution in [0, 0.1) is 0 Å². The number of benzene rings is 4. The Morgan fingerprint density at radius 2 is 1.33 bits per heavy atom. The van der Waals surface area contributed by atoms with Crippen LogP contribution < -0.4 is 5.32 Å². The molecule has 4 aromatic carbocycles. The minimum Gasteiger partial charge on any atom is -0.481 e. The summed E-state index contributed by atoms with van der Waals surface area (Å²) in [7, 11) is 0. The number of carbonyl (C=O) groups is 2. The van der Waals surface area contributed by atoms with Gasteiger partial charge in [0.15, 0.2) is 0 Å². The monoisotopic (exact) mass is 477 g/mol. The van der Waals surface area contributed by atoms with Crippen molar-refractivity contribution in [2.75, 3.05) is 5.32 Å². The highest BCUT2D eigenvalue weighted by atomic mass is 16.6. The molecule has 4 aromatic rings. The van der Waals surface area contributed by atoms with Crippen LogP contribution >= 0.6 is 0 Å². The summed E-state index contributed by atoms with van der Waals surface area (Å²) in [5, 5.41) is 12.4. The second kappa shape index (κ2) is 9.70. The molecular weight excluding hydrogens is 450 g/mol. The molecule has 5 heteroatoms. The van der Waals surface area contributed by atoms with Crippen molar-refractivity contribution in [2.24, 2.45) is 0 Å². The molecule has 0 radical (unpaired) electrons. The van der Waals surface area contributed by atoms with Crippen molar-refractivity contribution in [3.05, 3.63) is 114 Å². The minimum absolute atomic E-state index is 0.366. The molecule has 36 heavy (non-hydrogen) atoms. The van der Waals surface area contributed by atoms with Gasteiger partial charge in [0.1, 0.15) is 6.10 Å². The Labute approximate surface area is 210 Å².